The Balaban J connectivity index is 2.20. The number of aliphatic hydroxyl groups is 1. The van der Waals surface area contributed by atoms with Crippen LogP contribution in [-0.4, -0.2) is 43.4 Å². The summed E-state index contributed by atoms with van der Waals surface area (Å²) in [6.45, 7) is 5.57. The van der Waals surface area contributed by atoms with Gasteiger partial charge in [0.1, 0.15) is 17.7 Å². The first-order valence-electron chi connectivity index (χ1n) is 8.37. The number of nitrogens with zero attached hydrogens (tertiary/aromatic N) is 4. The van der Waals surface area contributed by atoms with Gasteiger partial charge in [0.15, 0.2) is 0 Å². The summed E-state index contributed by atoms with van der Waals surface area (Å²) in [5, 5.41) is 24.4. The smallest absolute Gasteiger partial charge is 0.245 e. The maximum absolute atomic E-state index is 13.5. The number of aryl methyl sites for hydroxylation is 1. The van der Waals surface area contributed by atoms with Gasteiger partial charge in [0.25, 0.3) is 0 Å². The highest BCUT2D eigenvalue weighted by Gasteiger charge is 2.28. The summed E-state index contributed by atoms with van der Waals surface area (Å²) >= 11 is 0. The van der Waals surface area contributed by atoms with Crippen molar-refractivity contribution in [2.45, 2.75) is 51.7 Å². The minimum absolute atomic E-state index is 0.139. The quantitative estimate of drug-likeness (QED) is 0.755. The molecule has 0 radical (unpaired) electrons. The highest BCUT2D eigenvalue weighted by molar-refractivity contribution is 5.80. The van der Waals surface area contributed by atoms with Gasteiger partial charge in [-0.2, -0.15) is 0 Å². The van der Waals surface area contributed by atoms with E-state index in [4.69, 9.17) is 0 Å². The molecule has 25 heavy (non-hydrogen) atoms. The number of hydrogen-bond acceptors (Lipinski definition) is 5. The molecule has 1 aromatic carbocycles. The molecule has 0 aliphatic rings. The maximum Gasteiger partial charge on any atom is 0.245 e. The fourth-order valence-corrected chi connectivity index (χ4v) is 2.57. The van der Waals surface area contributed by atoms with E-state index in [0.717, 1.165) is 0 Å². The fraction of sp³-hybridized carbons (Fsp3) is 0.529. The fourth-order valence-electron chi connectivity index (χ4n) is 2.57. The van der Waals surface area contributed by atoms with Crippen molar-refractivity contribution in [3.05, 3.63) is 41.5 Å². The van der Waals surface area contributed by atoms with Crippen LogP contribution in [-0.2, 0) is 11.2 Å². The molecular weight excluding hydrogens is 325 g/mol. The van der Waals surface area contributed by atoms with Gasteiger partial charge in [-0.25, -0.2) is 9.07 Å². The zero-order valence-corrected chi connectivity index (χ0v) is 14.7. The summed E-state index contributed by atoms with van der Waals surface area (Å²) in [7, 11) is 0. The van der Waals surface area contributed by atoms with Crippen LogP contribution >= 0.6 is 0 Å². The molecule has 0 aliphatic heterocycles. The Hall–Kier alpha value is -2.35. The average Bonchev–Trinajstić information content (AvgIpc) is 3.03. The minimum Gasteiger partial charge on any atom is -0.388 e. The molecule has 8 heteroatoms. The largest absolute Gasteiger partial charge is 0.388 e. The third kappa shape index (κ3) is 4.82. The number of nitrogens with one attached hydrogen (secondary N) is 1. The molecule has 2 N–H and O–H groups in total. The van der Waals surface area contributed by atoms with Gasteiger partial charge in [0.05, 0.1) is 5.60 Å². The molecule has 0 fully saturated rings. The molecule has 1 atom stereocenters. The third-order valence-corrected chi connectivity index (χ3v) is 4.48. The number of carbonyl (C=O) groups excluding carboxylic acids is 1. The zero-order valence-electron chi connectivity index (χ0n) is 14.7. The lowest BCUT2D eigenvalue weighted by Crippen LogP contribution is -2.45. The molecule has 1 amide bonds. The predicted octanol–water partition coefficient (Wildman–Crippen LogP) is 1.57. The van der Waals surface area contributed by atoms with Crippen molar-refractivity contribution >= 4 is 5.91 Å². The number of rotatable bonds is 8. The van der Waals surface area contributed by atoms with Crippen LogP contribution in [0.1, 0.15) is 44.1 Å². The summed E-state index contributed by atoms with van der Waals surface area (Å²) in [6.07, 6.45) is 1.30. The molecule has 136 valence electrons. The average molecular weight is 349 g/mol. The lowest BCUT2D eigenvalue weighted by Gasteiger charge is -2.27. The van der Waals surface area contributed by atoms with Crippen LogP contribution in [0.5, 0.6) is 0 Å². The summed E-state index contributed by atoms with van der Waals surface area (Å²) in [5.41, 5.74) is -0.286. The normalized spacial score (nSPS) is 12.8. The van der Waals surface area contributed by atoms with E-state index in [1.807, 2.05) is 13.8 Å². The van der Waals surface area contributed by atoms with E-state index in [1.165, 1.54) is 16.8 Å². The first-order valence-corrected chi connectivity index (χ1v) is 8.37. The molecule has 1 aromatic heterocycles. The Labute approximate surface area is 146 Å². The highest BCUT2D eigenvalue weighted by atomic mass is 19.1. The molecule has 2 aromatic rings. The number of benzene rings is 1. The van der Waals surface area contributed by atoms with E-state index in [9.17, 15) is 14.3 Å². The predicted molar refractivity (Wildman–Crippen MR) is 90.2 cm³/mol. The Morgan fingerprint density at radius 2 is 2.12 bits per heavy atom. The van der Waals surface area contributed by atoms with Crippen LogP contribution < -0.4 is 5.32 Å². The highest BCUT2D eigenvalue weighted by Crippen LogP contribution is 2.18. The second-order valence-corrected chi connectivity index (χ2v) is 6.17. The molecule has 0 saturated carbocycles. The van der Waals surface area contributed by atoms with Crippen molar-refractivity contribution in [3.63, 3.8) is 0 Å². The Morgan fingerprint density at radius 1 is 1.40 bits per heavy atom. The number of halogens is 1. The van der Waals surface area contributed by atoms with Gasteiger partial charge in [-0.1, -0.05) is 26.0 Å². The van der Waals surface area contributed by atoms with Crippen LogP contribution in [0.3, 0.4) is 0 Å². The number of tetrazole rings is 1. The van der Waals surface area contributed by atoms with Crippen LogP contribution in [0.15, 0.2) is 24.3 Å². The SMILES string of the molecule is CCC(O)(CC)CNC(=O)C(Cc1cccc(F)c1)n1nnnc1C. The molecule has 1 unspecified atom stereocenters. The second-order valence-electron chi connectivity index (χ2n) is 6.17. The first kappa shape index (κ1) is 19.0. The van der Waals surface area contributed by atoms with E-state index in [1.54, 1.807) is 19.1 Å². The second kappa shape index (κ2) is 8.15. The van der Waals surface area contributed by atoms with Gasteiger partial charge in [0, 0.05) is 13.0 Å². The Bertz CT molecular complexity index is 715. The van der Waals surface area contributed by atoms with Gasteiger partial charge in [0.2, 0.25) is 5.91 Å². The van der Waals surface area contributed by atoms with Crippen LogP contribution in [0, 0.1) is 12.7 Å². The topological polar surface area (TPSA) is 92.9 Å². The summed E-state index contributed by atoms with van der Waals surface area (Å²) in [5.74, 6) is -0.200. The van der Waals surface area contributed by atoms with E-state index in [0.29, 0.717) is 24.2 Å². The van der Waals surface area contributed by atoms with E-state index in [-0.39, 0.29) is 24.7 Å². The molecule has 0 spiro atoms. The molecule has 0 bridgehead atoms. The summed E-state index contributed by atoms with van der Waals surface area (Å²) in [6, 6.07) is 5.35. The molecular formula is C17H24FN5O2. The molecule has 1 heterocycles. The van der Waals surface area contributed by atoms with E-state index < -0.39 is 11.6 Å². The molecule has 0 saturated heterocycles. The van der Waals surface area contributed by atoms with Crippen LogP contribution in [0.25, 0.3) is 0 Å². The van der Waals surface area contributed by atoms with E-state index >= 15 is 0 Å². The third-order valence-electron chi connectivity index (χ3n) is 4.48. The van der Waals surface area contributed by atoms with Gasteiger partial charge in [-0.05, 0) is 47.9 Å². The summed E-state index contributed by atoms with van der Waals surface area (Å²) in [4.78, 5) is 12.7. The number of carbonyl (C=O) groups is 1. The lowest BCUT2D eigenvalue weighted by molar-refractivity contribution is -0.126. The van der Waals surface area contributed by atoms with Crippen LogP contribution in [0.2, 0.25) is 0 Å². The van der Waals surface area contributed by atoms with Crippen molar-refractivity contribution in [1.82, 2.24) is 25.5 Å². The lowest BCUT2D eigenvalue weighted by atomic mass is 9.97. The first-order chi connectivity index (χ1) is 11.9. The van der Waals surface area contributed by atoms with Crippen molar-refractivity contribution in [2.75, 3.05) is 6.54 Å². The Kier molecular flexibility index (Phi) is 6.19. The standard InChI is InChI=1S/C17H24FN5O2/c1-4-17(25,5-2)11-19-16(24)15(23-12(3)20-21-22-23)10-13-7-6-8-14(18)9-13/h6-9,15,25H,4-5,10-11H2,1-3H3,(H,19,24). The zero-order chi connectivity index (χ0) is 18.4. The maximum atomic E-state index is 13.5. The van der Waals surface area contributed by atoms with Crippen molar-refractivity contribution in [1.29, 1.82) is 0 Å². The van der Waals surface area contributed by atoms with Gasteiger partial charge in [-0.15, -0.1) is 5.10 Å². The molecule has 2 rings (SSSR count). The van der Waals surface area contributed by atoms with Crippen molar-refractivity contribution in [2.24, 2.45) is 0 Å². The minimum atomic E-state index is -0.950. The number of hydrogen-bond donors (Lipinski definition) is 2. The van der Waals surface area contributed by atoms with Gasteiger partial charge < -0.3 is 10.4 Å². The van der Waals surface area contributed by atoms with Crippen molar-refractivity contribution < 1.29 is 14.3 Å². The summed E-state index contributed by atoms with van der Waals surface area (Å²) < 4.78 is 14.9. The van der Waals surface area contributed by atoms with Crippen LogP contribution in [0.4, 0.5) is 4.39 Å². The Morgan fingerprint density at radius 3 is 2.68 bits per heavy atom. The monoisotopic (exact) mass is 349 g/mol. The number of amides is 1. The van der Waals surface area contributed by atoms with Crippen molar-refractivity contribution in [3.8, 4) is 0 Å². The molecule has 0 aliphatic carbocycles. The van der Waals surface area contributed by atoms with Gasteiger partial charge >= 0.3 is 0 Å². The van der Waals surface area contributed by atoms with Gasteiger partial charge in [-0.3, -0.25) is 4.79 Å². The molecule has 7 nitrogen and oxygen atoms in total. The van der Waals surface area contributed by atoms with E-state index in [2.05, 4.69) is 20.8 Å². The number of aromatic nitrogens is 4.